The van der Waals surface area contributed by atoms with Crippen LogP contribution in [0.4, 0.5) is 8.78 Å². The summed E-state index contributed by atoms with van der Waals surface area (Å²) in [7, 11) is 0. The quantitative estimate of drug-likeness (QED) is 0.809. The summed E-state index contributed by atoms with van der Waals surface area (Å²) >= 11 is 0. The monoisotopic (exact) mass is 317 g/mol. The lowest BCUT2D eigenvalue weighted by Gasteiger charge is -2.18. The molecule has 0 aromatic heterocycles. The highest BCUT2D eigenvalue weighted by Crippen LogP contribution is 2.25. The van der Waals surface area contributed by atoms with Crippen LogP contribution < -0.4 is 16.2 Å². The molecule has 1 heterocycles. The molecule has 0 radical (unpaired) electrons. The van der Waals surface area contributed by atoms with Gasteiger partial charge in [0.05, 0.1) is 12.0 Å². The van der Waals surface area contributed by atoms with E-state index in [4.69, 9.17) is 0 Å². The lowest BCUT2D eigenvalue weighted by molar-refractivity contribution is -0.125. The largest absolute Gasteiger partial charge is 0.352 e. The highest BCUT2D eigenvalue weighted by atomic mass is 19.1. The summed E-state index contributed by atoms with van der Waals surface area (Å²) in [6.45, 7) is 0.822. The zero-order valence-corrected chi connectivity index (χ0v) is 12.4. The first-order valence-corrected chi connectivity index (χ1v) is 7.39. The molecular formula is C17H17F2N3O. The van der Waals surface area contributed by atoms with Crippen molar-refractivity contribution in [2.75, 3.05) is 6.54 Å². The molecule has 23 heavy (non-hydrogen) atoms. The number of rotatable bonds is 4. The minimum atomic E-state index is -0.308. The summed E-state index contributed by atoms with van der Waals surface area (Å²) < 4.78 is 25.9. The molecule has 2 aromatic carbocycles. The SMILES string of the molecule is O=C(NCc1ccc(F)cc1)C1CNNC1c1ccc(F)cc1. The molecule has 120 valence electrons. The van der Waals surface area contributed by atoms with Crippen LogP contribution in [-0.4, -0.2) is 12.5 Å². The number of benzene rings is 2. The van der Waals surface area contributed by atoms with Crippen molar-refractivity contribution in [2.24, 2.45) is 5.92 Å². The predicted molar refractivity (Wildman–Crippen MR) is 82.0 cm³/mol. The van der Waals surface area contributed by atoms with Gasteiger partial charge in [0.2, 0.25) is 5.91 Å². The number of hydrogen-bond acceptors (Lipinski definition) is 3. The lowest BCUT2D eigenvalue weighted by Crippen LogP contribution is -2.34. The maximum absolute atomic E-state index is 13.0. The Morgan fingerprint density at radius 1 is 1.04 bits per heavy atom. The van der Waals surface area contributed by atoms with E-state index in [2.05, 4.69) is 16.2 Å². The van der Waals surface area contributed by atoms with Crippen molar-refractivity contribution in [3.05, 3.63) is 71.3 Å². The standard InChI is InChI=1S/C17H17F2N3O/c18-13-5-1-11(2-6-13)9-20-17(23)15-10-21-22-16(15)12-3-7-14(19)8-4-12/h1-8,15-16,21-22H,9-10H2,(H,20,23). The molecule has 0 bridgehead atoms. The molecule has 2 unspecified atom stereocenters. The first-order chi connectivity index (χ1) is 11.1. The summed E-state index contributed by atoms with van der Waals surface area (Å²) in [6.07, 6.45) is 0. The third-order valence-electron chi connectivity index (χ3n) is 3.93. The fraction of sp³-hybridized carbons (Fsp3) is 0.235. The Hall–Kier alpha value is -2.31. The number of carbonyl (C=O) groups excluding carboxylic acids is 1. The van der Waals surface area contributed by atoms with Crippen molar-refractivity contribution in [1.29, 1.82) is 0 Å². The maximum atomic E-state index is 13.0. The zero-order valence-electron chi connectivity index (χ0n) is 12.4. The van der Waals surface area contributed by atoms with Gasteiger partial charge in [-0.1, -0.05) is 24.3 Å². The Bertz CT molecular complexity index is 673. The second kappa shape index (κ2) is 6.85. The second-order valence-electron chi connectivity index (χ2n) is 5.51. The molecule has 0 aliphatic carbocycles. The van der Waals surface area contributed by atoms with E-state index in [9.17, 15) is 13.6 Å². The fourth-order valence-electron chi connectivity index (χ4n) is 2.65. The fourth-order valence-corrected chi connectivity index (χ4v) is 2.65. The molecule has 1 fully saturated rings. The Morgan fingerprint density at radius 3 is 2.30 bits per heavy atom. The normalized spacial score (nSPS) is 20.4. The third-order valence-corrected chi connectivity index (χ3v) is 3.93. The number of hydrogen-bond donors (Lipinski definition) is 3. The van der Waals surface area contributed by atoms with Crippen molar-refractivity contribution < 1.29 is 13.6 Å². The molecule has 1 aliphatic rings. The van der Waals surface area contributed by atoms with Crippen molar-refractivity contribution in [3.63, 3.8) is 0 Å². The molecule has 3 N–H and O–H groups in total. The Morgan fingerprint density at radius 2 is 1.65 bits per heavy atom. The molecule has 1 aliphatic heterocycles. The summed E-state index contributed by atoms with van der Waals surface area (Å²) in [5, 5.41) is 2.86. The minimum absolute atomic E-state index is 0.110. The number of nitrogens with one attached hydrogen (secondary N) is 3. The molecule has 6 heteroatoms. The van der Waals surface area contributed by atoms with Gasteiger partial charge in [-0.2, -0.15) is 0 Å². The van der Waals surface area contributed by atoms with E-state index in [1.807, 2.05) is 0 Å². The van der Waals surface area contributed by atoms with Gasteiger partial charge in [0.15, 0.2) is 0 Å². The van der Waals surface area contributed by atoms with Gasteiger partial charge in [0.25, 0.3) is 0 Å². The topological polar surface area (TPSA) is 53.2 Å². The second-order valence-corrected chi connectivity index (χ2v) is 5.51. The molecule has 0 spiro atoms. The zero-order chi connectivity index (χ0) is 16.2. The van der Waals surface area contributed by atoms with E-state index in [0.717, 1.165) is 11.1 Å². The first-order valence-electron chi connectivity index (χ1n) is 7.39. The lowest BCUT2D eigenvalue weighted by atomic mass is 9.94. The van der Waals surface area contributed by atoms with Crippen LogP contribution in [0.5, 0.6) is 0 Å². The van der Waals surface area contributed by atoms with Gasteiger partial charge in [-0.15, -0.1) is 0 Å². The van der Waals surface area contributed by atoms with Crippen LogP contribution in [0, 0.1) is 17.6 Å². The van der Waals surface area contributed by atoms with Gasteiger partial charge >= 0.3 is 0 Å². The average molecular weight is 317 g/mol. The van der Waals surface area contributed by atoms with Crippen molar-refractivity contribution in [1.82, 2.24) is 16.2 Å². The van der Waals surface area contributed by atoms with Gasteiger partial charge in [0.1, 0.15) is 11.6 Å². The maximum Gasteiger partial charge on any atom is 0.226 e. The molecule has 1 saturated heterocycles. The highest BCUT2D eigenvalue weighted by molar-refractivity contribution is 5.80. The van der Waals surface area contributed by atoms with E-state index >= 15 is 0 Å². The Balaban J connectivity index is 1.63. The van der Waals surface area contributed by atoms with Crippen molar-refractivity contribution in [3.8, 4) is 0 Å². The number of carbonyl (C=O) groups is 1. The smallest absolute Gasteiger partial charge is 0.226 e. The van der Waals surface area contributed by atoms with Gasteiger partial charge in [-0.25, -0.2) is 14.2 Å². The van der Waals surface area contributed by atoms with E-state index in [0.29, 0.717) is 13.1 Å². The predicted octanol–water partition coefficient (Wildman–Crippen LogP) is 2.05. The molecule has 0 saturated carbocycles. The van der Waals surface area contributed by atoms with Gasteiger partial charge in [0, 0.05) is 13.1 Å². The molecule has 2 atom stereocenters. The van der Waals surface area contributed by atoms with E-state index in [1.54, 1.807) is 24.3 Å². The summed E-state index contributed by atoms with van der Waals surface area (Å²) in [6, 6.07) is 11.9. The van der Waals surface area contributed by atoms with E-state index in [1.165, 1.54) is 24.3 Å². The van der Waals surface area contributed by atoms with Crippen LogP contribution in [0.25, 0.3) is 0 Å². The van der Waals surface area contributed by atoms with Crippen molar-refractivity contribution >= 4 is 5.91 Å². The first kappa shape index (κ1) is 15.6. The summed E-state index contributed by atoms with van der Waals surface area (Å²) in [4.78, 5) is 12.4. The van der Waals surface area contributed by atoms with Crippen LogP contribution >= 0.6 is 0 Å². The molecule has 1 amide bonds. The van der Waals surface area contributed by atoms with Crippen LogP contribution in [0.15, 0.2) is 48.5 Å². The van der Waals surface area contributed by atoms with Crippen LogP contribution in [0.1, 0.15) is 17.2 Å². The minimum Gasteiger partial charge on any atom is -0.352 e. The highest BCUT2D eigenvalue weighted by Gasteiger charge is 2.33. The third kappa shape index (κ3) is 3.72. The van der Waals surface area contributed by atoms with Crippen LogP contribution in [-0.2, 0) is 11.3 Å². The van der Waals surface area contributed by atoms with E-state index < -0.39 is 0 Å². The van der Waals surface area contributed by atoms with Gasteiger partial charge < -0.3 is 5.32 Å². The Labute approximate surface area is 132 Å². The molecule has 3 rings (SSSR count). The van der Waals surface area contributed by atoms with Crippen LogP contribution in [0.2, 0.25) is 0 Å². The van der Waals surface area contributed by atoms with Crippen molar-refractivity contribution in [2.45, 2.75) is 12.6 Å². The average Bonchev–Trinajstić information content (AvgIpc) is 3.04. The molecule has 4 nitrogen and oxygen atoms in total. The molecular weight excluding hydrogens is 300 g/mol. The number of halogens is 2. The Kier molecular flexibility index (Phi) is 4.64. The molecule has 2 aromatic rings. The summed E-state index contributed by atoms with van der Waals surface area (Å²) in [5.41, 5.74) is 7.69. The number of amides is 1. The van der Waals surface area contributed by atoms with Crippen LogP contribution in [0.3, 0.4) is 0 Å². The summed E-state index contributed by atoms with van der Waals surface area (Å²) in [5.74, 6) is -1.03. The van der Waals surface area contributed by atoms with Gasteiger partial charge in [-0.3, -0.25) is 10.2 Å². The van der Waals surface area contributed by atoms with E-state index in [-0.39, 0.29) is 29.5 Å². The van der Waals surface area contributed by atoms with Gasteiger partial charge in [-0.05, 0) is 35.4 Å². The number of hydrazine groups is 1.